The first-order valence-corrected chi connectivity index (χ1v) is 5.31. The van der Waals surface area contributed by atoms with Gasteiger partial charge in [-0.2, -0.15) is 0 Å². The molecule has 0 saturated carbocycles. The summed E-state index contributed by atoms with van der Waals surface area (Å²) in [5.74, 6) is 1.18. The Kier molecular flexibility index (Phi) is 3.18. The van der Waals surface area contributed by atoms with Crippen molar-refractivity contribution < 1.29 is 4.74 Å². The normalized spacial score (nSPS) is 10.0. The Morgan fingerprint density at radius 2 is 2.07 bits per heavy atom. The highest BCUT2D eigenvalue weighted by atomic mass is 79.9. The molecule has 2 aromatic heterocycles. The first-order valence-electron chi connectivity index (χ1n) is 4.13. The Labute approximate surface area is 100 Å². The van der Waals surface area contributed by atoms with Crippen LogP contribution in [0.1, 0.15) is 0 Å². The topological polar surface area (TPSA) is 35.0 Å². The first-order chi connectivity index (χ1) is 7.25. The first kappa shape index (κ1) is 10.4. The van der Waals surface area contributed by atoms with Crippen molar-refractivity contribution in [3.8, 4) is 11.5 Å². The van der Waals surface area contributed by atoms with E-state index in [0.29, 0.717) is 16.5 Å². The standard InChI is InChI=1S/C10H6BrClN2O/c11-7-3-8(5-14-4-7)15-10-1-2-13-6-9(10)12/h1-6H. The van der Waals surface area contributed by atoms with Gasteiger partial charge in [-0.25, -0.2) is 0 Å². The molecule has 2 rings (SSSR count). The van der Waals surface area contributed by atoms with E-state index in [1.54, 1.807) is 24.7 Å². The van der Waals surface area contributed by atoms with Gasteiger partial charge < -0.3 is 4.74 Å². The van der Waals surface area contributed by atoms with Crippen LogP contribution < -0.4 is 4.74 Å². The third-order valence-electron chi connectivity index (χ3n) is 1.64. The van der Waals surface area contributed by atoms with Gasteiger partial charge in [-0.3, -0.25) is 9.97 Å². The summed E-state index contributed by atoms with van der Waals surface area (Å²) in [5.41, 5.74) is 0. The van der Waals surface area contributed by atoms with E-state index >= 15 is 0 Å². The molecule has 0 aromatic carbocycles. The van der Waals surface area contributed by atoms with Crippen molar-refractivity contribution in [2.75, 3.05) is 0 Å². The fourth-order valence-electron chi connectivity index (χ4n) is 1.02. The van der Waals surface area contributed by atoms with Crippen LogP contribution >= 0.6 is 27.5 Å². The largest absolute Gasteiger partial charge is 0.454 e. The Morgan fingerprint density at radius 1 is 1.20 bits per heavy atom. The third kappa shape index (κ3) is 2.67. The minimum absolute atomic E-state index is 0.470. The molecule has 76 valence electrons. The highest BCUT2D eigenvalue weighted by Gasteiger charge is 2.02. The van der Waals surface area contributed by atoms with E-state index in [4.69, 9.17) is 16.3 Å². The third-order valence-corrected chi connectivity index (χ3v) is 2.36. The molecule has 0 atom stereocenters. The number of pyridine rings is 2. The molecule has 2 heterocycles. The monoisotopic (exact) mass is 284 g/mol. The minimum Gasteiger partial charge on any atom is -0.454 e. The lowest BCUT2D eigenvalue weighted by Gasteiger charge is -2.06. The Hall–Kier alpha value is -1.13. The maximum Gasteiger partial charge on any atom is 0.149 e. The minimum atomic E-state index is 0.470. The van der Waals surface area contributed by atoms with Crippen LogP contribution in [0.3, 0.4) is 0 Å². The van der Waals surface area contributed by atoms with Gasteiger partial charge in [-0.1, -0.05) is 11.6 Å². The van der Waals surface area contributed by atoms with Crippen LogP contribution in [0.15, 0.2) is 41.4 Å². The van der Waals surface area contributed by atoms with Crippen LogP contribution in [0.5, 0.6) is 11.5 Å². The molecule has 15 heavy (non-hydrogen) atoms. The van der Waals surface area contributed by atoms with Crippen LogP contribution in [0, 0.1) is 0 Å². The van der Waals surface area contributed by atoms with E-state index in [0.717, 1.165) is 4.47 Å². The molecule has 0 aliphatic heterocycles. The second-order valence-electron chi connectivity index (χ2n) is 2.75. The quantitative estimate of drug-likeness (QED) is 0.844. The van der Waals surface area contributed by atoms with Gasteiger partial charge in [0.25, 0.3) is 0 Å². The molecule has 3 nitrogen and oxygen atoms in total. The lowest BCUT2D eigenvalue weighted by molar-refractivity contribution is 0.479. The van der Waals surface area contributed by atoms with Gasteiger partial charge in [0.1, 0.15) is 16.5 Å². The van der Waals surface area contributed by atoms with E-state index in [2.05, 4.69) is 25.9 Å². The van der Waals surface area contributed by atoms with Crippen molar-refractivity contribution in [1.82, 2.24) is 9.97 Å². The van der Waals surface area contributed by atoms with E-state index in [1.165, 1.54) is 6.20 Å². The van der Waals surface area contributed by atoms with E-state index in [1.807, 2.05) is 6.07 Å². The summed E-state index contributed by atoms with van der Waals surface area (Å²) in [7, 11) is 0. The Balaban J connectivity index is 2.26. The highest BCUT2D eigenvalue weighted by molar-refractivity contribution is 9.10. The molecule has 0 fully saturated rings. The summed E-state index contributed by atoms with van der Waals surface area (Å²) in [6.45, 7) is 0. The summed E-state index contributed by atoms with van der Waals surface area (Å²) in [5, 5.41) is 0.470. The van der Waals surface area contributed by atoms with Crippen LogP contribution in [-0.4, -0.2) is 9.97 Å². The molecule has 0 aliphatic rings. The zero-order chi connectivity index (χ0) is 10.7. The number of hydrogen-bond donors (Lipinski definition) is 0. The lowest BCUT2D eigenvalue weighted by Crippen LogP contribution is -1.86. The number of aromatic nitrogens is 2. The molecular weight excluding hydrogens is 279 g/mol. The highest BCUT2D eigenvalue weighted by Crippen LogP contribution is 2.28. The lowest BCUT2D eigenvalue weighted by atomic mass is 10.4. The molecule has 0 amide bonds. The van der Waals surface area contributed by atoms with Crippen molar-refractivity contribution >= 4 is 27.5 Å². The van der Waals surface area contributed by atoms with Gasteiger partial charge in [0.05, 0.1) is 6.20 Å². The number of ether oxygens (including phenoxy) is 1. The van der Waals surface area contributed by atoms with E-state index < -0.39 is 0 Å². The molecule has 0 saturated heterocycles. The van der Waals surface area contributed by atoms with E-state index in [-0.39, 0.29) is 0 Å². The van der Waals surface area contributed by atoms with Gasteiger partial charge in [0.2, 0.25) is 0 Å². The zero-order valence-electron chi connectivity index (χ0n) is 7.52. The van der Waals surface area contributed by atoms with Crippen molar-refractivity contribution in [3.63, 3.8) is 0 Å². The zero-order valence-corrected chi connectivity index (χ0v) is 9.86. The van der Waals surface area contributed by atoms with Gasteiger partial charge in [0.15, 0.2) is 0 Å². The molecule has 0 N–H and O–H groups in total. The molecule has 0 aliphatic carbocycles. The number of halogens is 2. The SMILES string of the molecule is Clc1cnccc1Oc1cncc(Br)c1. The van der Waals surface area contributed by atoms with E-state index in [9.17, 15) is 0 Å². The van der Waals surface area contributed by atoms with Crippen LogP contribution in [0.4, 0.5) is 0 Å². The summed E-state index contributed by atoms with van der Waals surface area (Å²) in [4.78, 5) is 7.85. The number of rotatable bonds is 2. The molecule has 2 aromatic rings. The second-order valence-corrected chi connectivity index (χ2v) is 4.07. The smallest absolute Gasteiger partial charge is 0.149 e. The summed E-state index contributed by atoms with van der Waals surface area (Å²) in [6, 6.07) is 3.51. The molecule has 0 unspecified atom stereocenters. The molecular formula is C10H6BrClN2O. The fraction of sp³-hybridized carbons (Fsp3) is 0. The Bertz CT molecular complexity index is 478. The Morgan fingerprint density at radius 3 is 2.80 bits per heavy atom. The van der Waals surface area contributed by atoms with Crippen molar-refractivity contribution in [2.45, 2.75) is 0 Å². The van der Waals surface area contributed by atoms with Crippen LogP contribution in [0.2, 0.25) is 5.02 Å². The maximum absolute atomic E-state index is 5.89. The predicted octanol–water partition coefficient (Wildman–Crippen LogP) is 3.68. The summed E-state index contributed by atoms with van der Waals surface area (Å²) < 4.78 is 6.38. The van der Waals surface area contributed by atoms with Gasteiger partial charge in [-0.05, 0) is 22.0 Å². The van der Waals surface area contributed by atoms with Crippen molar-refractivity contribution in [1.29, 1.82) is 0 Å². The van der Waals surface area contributed by atoms with Crippen LogP contribution in [-0.2, 0) is 0 Å². The van der Waals surface area contributed by atoms with Crippen molar-refractivity contribution in [3.05, 3.63) is 46.4 Å². The van der Waals surface area contributed by atoms with Gasteiger partial charge in [0, 0.05) is 29.1 Å². The molecule has 0 bridgehead atoms. The van der Waals surface area contributed by atoms with Gasteiger partial charge >= 0.3 is 0 Å². The van der Waals surface area contributed by atoms with Crippen LogP contribution in [0.25, 0.3) is 0 Å². The molecule has 0 radical (unpaired) electrons. The number of nitrogens with zero attached hydrogens (tertiary/aromatic N) is 2. The number of hydrogen-bond acceptors (Lipinski definition) is 3. The predicted molar refractivity (Wildman–Crippen MR) is 61.3 cm³/mol. The molecule has 5 heteroatoms. The average Bonchev–Trinajstić information content (AvgIpc) is 2.22. The fourth-order valence-corrected chi connectivity index (χ4v) is 1.52. The van der Waals surface area contributed by atoms with Crippen molar-refractivity contribution in [2.24, 2.45) is 0 Å². The average molecular weight is 286 g/mol. The van der Waals surface area contributed by atoms with Gasteiger partial charge in [-0.15, -0.1) is 0 Å². The summed E-state index contributed by atoms with van der Waals surface area (Å²) in [6.07, 6.45) is 6.44. The molecule has 0 spiro atoms. The second kappa shape index (κ2) is 4.59. The summed E-state index contributed by atoms with van der Waals surface area (Å²) >= 11 is 9.20. The maximum atomic E-state index is 5.89.